The molecule has 0 saturated carbocycles. The van der Waals surface area contributed by atoms with E-state index < -0.39 is 0 Å². The molecule has 4 nitrogen and oxygen atoms in total. The molecule has 0 aromatic heterocycles. The molecule has 0 radical (unpaired) electrons. The first-order valence-electron chi connectivity index (χ1n) is 6.21. The van der Waals surface area contributed by atoms with Crippen LogP contribution in [0, 0.1) is 0 Å². The van der Waals surface area contributed by atoms with Gasteiger partial charge in [0, 0.05) is 25.7 Å². The standard InChI is InChI=1S/C14H22N2O2/c1-11(17)8-9-16(3)10-13-6-4-5-7-14(13)15-12(2)18/h4-7,11,17H,8-10H2,1-3H3,(H,15,18). The smallest absolute Gasteiger partial charge is 0.221 e. The quantitative estimate of drug-likeness (QED) is 0.810. The summed E-state index contributed by atoms with van der Waals surface area (Å²) in [6, 6.07) is 7.77. The molecule has 4 heteroatoms. The minimum atomic E-state index is -0.280. The van der Waals surface area contributed by atoms with Gasteiger partial charge in [-0.2, -0.15) is 0 Å². The van der Waals surface area contributed by atoms with Gasteiger partial charge in [0.2, 0.25) is 5.91 Å². The zero-order chi connectivity index (χ0) is 13.5. The highest BCUT2D eigenvalue weighted by Gasteiger charge is 2.07. The van der Waals surface area contributed by atoms with Gasteiger partial charge >= 0.3 is 0 Å². The van der Waals surface area contributed by atoms with Gasteiger partial charge in [-0.1, -0.05) is 18.2 Å². The zero-order valence-corrected chi connectivity index (χ0v) is 11.3. The molecule has 18 heavy (non-hydrogen) atoms. The lowest BCUT2D eigenvalue weighted by atomic mass is 10.1. The number of nitrogens with zero attached hydrogens (tertiary/aromatic N) is 1. The second kappa shape index (κ2) is 7.13. The molecule has 0 heterocycles. The fourth-order valence-electron chi connectivity index (χ4n) is 1.75. The van der Waals surface area contributed by atoms with E-state index in [1.807, 2.05) is 31.3 Å². The number of aliphatic hydroxyl groups excluding tert-OH is 1. The second-order valence-corrected chi connectivity index (χ2v) is 4.71. The van der Waals surface area contributed by atoms with Gasteiger partial charge in [0.1, 0.15) is 0 Å². The molecule has 100 valence electrons. The minimum absolute atomic E-state index is 0.0610. The van der Waals surface area contributed by atoms with Crippen molar-refractivity contribution in [1.82, 2.24) is 4.90 Å². The highest BCUT2D eigenvalue weighted by Crippen LogP contribution is 2.16. The van der Waals surface area contributed by atoms with Crippen molar-refractivity contribution >= 4 is 11.6 Å². The van der Waals surface area contributed by atoms with Crippen LogP contribution in [0.4, 0.5) is 5.69 Å². The third kappa shape index (κ3) is 5.29. The molecule has 0 aliphatic carbocycles. The Morgan fingerprint density at radius 3 is 2.72 bits per heavy atom. The van der Waals surface area contributed by atoms with Crippen molar-refractivity contribution in [3.05, 3.63) is 29.8 Å². The molecule has 1 rings (SSSR count). The Morgan fingerprint density at radius 2 is 2.11 bits per heavy atom. The highest BCUT2D eigenvalue weighted by molar-refractivity contribution is 5.89. The van der Waals surface area contributed by atoms with Crippen LogP contribution in [-0.4, -0.2) is 35.6 Å². The first kappa shape index (κ1) is 14.7. The van der Waals surface area contributed by atoms with Crippen LogP contribution >= 0.6 is 0 Å². The molecule has 0 saturated heterocycles. The number of hydrogen-bond donors (Lipinski definition) is 2. The number of amides is 1. The van der Waals surface area contributed by atoms with E-state index in [4.69, 9.17) is 0 Å². The van der Waals surface area contributed by atoms with E-state index in [-0.39, 0.29) is 12.0 Å². The number of rotatable bonds is 6. The van der Waals surface area contributed by atoms with Crippen molar-refractivity contribution in [3.63, 3.8) is 0 Å². The van der Waals surface area contributed by atoms with E-state index in [1.165, 1.54) is 6.92 Å². The molecule has 2 N–H and O–H groups in total. The Kier molecular flexibility index (Phi) is 5.82. The summed E-state index contributed by atoms with van der Waals surface area (Å²) in [7, 11) is 2.01. The first-order chi connectivity index (χ1) is 8.49. The highest BCUT2D eigenvalue weighted by atomic mass is 16.3. The number of hydrogen-bond acceptors (Lipinski definition) is 3. The maximum absolute atomic E-state index is 11.1. The maximum Gasteiger partial charge on any atom is 0.221 e. The molecule has 0 aliphatic heterocycles. The van der Waals surface area contributed by atoms with Gasteiger partial charge in [-0.15, -0.1) is 0 Å². The predicted molar refractivity (Wildman–Crippen MR) is 73.4 cm³/mol. The number of nitrogens with one attached hydrogen (secondary N) is 1. The van der Waals surface area contributed by atoms with Crippen molar-refractivity contribution in [2.75, 3.05) is 18.9 Å². The van der Waals surface area contributed by atoms with Crippen LogP contribution in [0.5, 0.6) is 0 Å². The van der Waals surface area contributed by atoms with Crippen LogP contribution in [0.2, 0.25) is 0 Å². The van der Waals surface area contributed by atoms with Crippen molar-refractivity contribution in [2.45, 2.75) is 32.9 Å². The van der Waals surface area contributed by atoms with Crippen molar-refractivity contribution in [1.29, 1.82) is 0 Å². The fraction of sp³-hybridized carbons (Fsp3) is 0.500. The molecule has 0 spiro atoms. The van der Waals surface area contributed by atoms with E-state index in [2.05, 4.69) is 10.2 Å². The summed E-state index contributed by atoms with van der Waals surface area (Å²) in [4.78, 5) is 13.2. The molecule has 1 amide bonds. The Morgan fingerprint density at radius 1 is 1.44 bits per heavy atom. The van der Waals surface area contributed by atoms with E-state index in [9.17, 15) is 9.90 Å². The molecule has 1 atom stereocenters. The Labute approximate surface area is 109 Å². The molecule has 1 aromatic carbocycles. The maximum atomic E-state index is 11.1. The molecule has 1 unspecified atom stereocenters. The summed E-state index contributed by atoms with van der Waals surface area (Å²) < 4.78 is 0. The van der Waals surface area contributed by atoms with Gasteiger partial charge in [0.15, 0.2) is 0 Å². The third-order valence-corrected chi connectivity index (χ3v) is 2.70. The normalized spacial score (nSPS) is 12.5. The van der Waals surface area contributed by atoms with Crippen LogP contribution in [-0.2, 0) is 11.3 Å². The SMILES string of the molecule is CC(=O)Nc1ccccc1CN(C)CCC(C)O. The molecule has 1 aromatic rings. The van der Waals surface area contributed by atoms with E-state index >= 15 is 0 Å². The van der Waals surface area contributed by atoms with Crippen LogP contribution in [0.25, 0.3) is 0 Å². The predicted octanol–water partition coefficient (Wildman–Crippen LogP) is 1.85. The van der Waals surface area contributed by atoms with E-state index in [1.54, 1.807) is 6.92 Å². The van der Waals surface area contributed by atoms with E-state index in [0.29, 0.717) is 0 Å². The Hall–Kier alpha value is -1.39. The van der Waals surface area contributed by atoms with Crippen LogP contribution in [0.1, 0.15) is 25.8 Å². The van der Waals surface area contributed by atoms with Crippen molar-refractivity contribution < 1.29 is 9.90 Å². The lowest BCUT2D eigenvalue weighted by Crippen LogP contribution is -2.23. The van der Waals surface area contributed by atoms with Gasteiger partial charge in [0.05, 0.1) is 6.10 Å². The second-order valence-electron chi connectivity index (χ2n) is 4.71. The first-order valence-corrected chi connectivity index (χ1v) is 6.21. The van der Waals surface area contributed by atoms with Crippen LogP contribution in [0.15, 0.2) is 24.3 Å². The number of anilines is 1. The molecule has 0 bridgehead atoms. The molecular formula is C14H22N2O2. The van der Waals surface area contributed by atoms with Gasteiger partial charge in [-0.25, -0.2) is 0 Å². The van der Waals surface area contributed by atoms with Crippen LogP contribution in [0.3, 0.4) is 0 Å². The van der Waals surface area contributed by atoms with Gasteiger partial charge in [-0.05, 0) is 32.0 Å². The number of carbonyl (C=O) groups excluding carboxylic acids is 1. The summed E-state index contributed by atoms with van der Waals surface area (Å²) >= 11 is 0. The summed E-state index contributed by atoms with van der Waals surface area (Å²) in [6.45, 7) is 4.88. The Bertz CT molecular complexity index is 391. The monoisotopic (exact) mass is 250 g/mol. The number of carbonyl (C=O) groups is 1. The van der Waals surface area contributed by atoms with Crippen LogP contribution < -0.4 is 5.32 Å². The lowest BCUT2D eigenvalue weighted by molar-refractivity contribution is -0.114. The van der Waals surface area contributed by atoms with E-state index in [0.717, 1.165) is 30.8 Å². The summed E-state index contributed by atoms with van der Waals surface area (Å²) in [5.41, 5.74) is 1.94. The summed E-state index contributed by atoms with van der Waals surface area (Å²) in [5, 5.41) is 12.1. The number of aliphatic hydroxyl groups is 1. The van der Waals surface area contributed by atoms with Gasteiger partial charge in [-0.3, -0.25) is 4.79 Å². The van der Waals surface area contributed by atoms with Crippen molar-refractivity contribution in [2.24, 2.45) is 0 Å². The fourth-order valence-corrected chi connectivity index (χ4v) is 1.75. The Balaban J connectivity index is 2.62. The average molecular weight is 250 g/mol. The topological polar surface area (TPSA) is 52.6 Å². The average Bonchev–Trinajstić information content (AvgIpc) is 2.28. The minimum Gasteiger partial charge on any atom is -0.393 e. The van der Waals surface area contributed by atoms with Crippen molar-refractivity contribution in [3.8, 4) is 0 Å². The van der Waals surface area contributed by atoms with Gasteiger partial charge in [0.25, 0.3) is 0 Å². The largest absolute Gasteiger partial charge is 0.393 e. The third-order valence-electron chi connectivity index (χ3n) is 2.70. The lowest BCUT2D eigenvalue weighted by Gasteiger charge is -2.19. The summed E-state index contributed by atoms with van der Waals surface area (Å²) in [5.74, 6) is -0.0610. The zero-order valence-electron chi connectivity index (χ0n) is 11.3. The number of benzene rings is 1. The molecular weight excluding hydrogens is 228 g/mol. The number of para-hydroxylation sites is 1. The molecule has 0 aliphatic rings. The van der Waals surface area contributed by atoms with Gasteiger partial charge < -0.3 is 15.3 Å². The summed E-state index contributed by atoms with van der Waals surface area (Å²) in [6.07, 6.45) is 0.469. The molecule has 0 fully saturated rings.